The number of nitrogens with two attached hydrogens (primary N) is 1. The molecule has 0 unspecified atom stereocenters. The Labute approximate surface area is 107 Å². The summed E-state index contributed by atoms with van der Waals surface area (Å²) in [7, 11) is 1.33. The predicted molar refractivity (Wildman–Crippen MR) is 66.0 cm³/mol. The van der Waals surface area contributed by atoms with Crippen LogP contribution >= 0.6 is 0 Å². The van der Waals surface area contributed by atoms with Crippen LogP contribution < -0.4 is 5.73 Å². The Kier molecular flexibility index (Phi) is 4.56. The number of hydrogen-bond acceptors (Lipinski definition) is 5. The van der Waals surface area contributed by atoms with Crippen LogP contribution in [-0.2, 0) is 14.3 Å². The predicted octanol–water partition coefficient (Wildman–Crippen LogP) is 0.886. The second-order valence-electron chi connectivity index (χ2n) is 5.56. The molecular formula is C12H22N2O4. The summed E-state index contributed by atoms with van der Waals surface area (Å²) in [5, 5.41) is 0. The lowest BCUT2D eigenvalue weighted by Crippen LogP contribution is -2.41. The zero-order valence-electron chi connectivity index (χ0n) is 11.4. The van der Waals surface area contributed by atoms with Gasteiger partial charge in [0.15, 0.2) is 0 Å². The van der Waals surface area contributed by atoms with E-state index in [4.69, 9.17) is 10.5 Å². The van der Waals surface area contributed by atoms with Crippen molar-refractivity contribution in [1.82, 2.24) is 4.90 Å². The number of likely N-dealkylation sites (tertiary alicyclic amines) is 1. The Morgan fingerprint density at radius 3 is 2.50 bits per heavy atom. The number of nitrogens with zero attached hydrogens (tertiary/aromatic N) is 1. The number of rotatable bonds is 2. The smallest absolute Gasteiger partial charge is 0.410 e. The molecule has 1 aliphatic heterocycles. The summed E-state index contributed by atoms with van der Waals surface area (Å²) in [6.45, 7) is 5.82. The van der Waals surface area contributed by atoms with Crippen LogP contribution in [0.2, 0.25) is 0 Å². The molecule has 0 aromatic rings. The van der Waals surface area contributed by atoms with Crippen molar-refractivity contribution in [2.24, 2.45) is 5.73 Å². The Hall–Kier alpha value is -1.30. The number of hydrogen-bond donors (Lipinski definition) is 1. The minimum absolute atomic E-state index is 0.118. The zero-order valence-corrected chi connectivity index (χ0v) is 11.4. The molecule has 0 aromatic carbocycles. The first-order valence-corrected chi connectivity index (χ1v) is 6.05. The highest BCUT2D eigenvalue weighted by Gasteiger charge is 2.37. The molecule has 18 heavy (non-hydrogen) atoms. The molecule has 2 N–H and O–H groups in total. The van der Waals surface area contributed by atoms with Crippen molar-refractivity contribution in [3.8, 4) is 0 Å². The Balaban J connectivity index is 2.66. The van der Waals surface area contributed by atoms with Gasteiger partial charge in [0, 0.05) is 18.6 Å². The topological polar surface area (TPSA) is 81.9 Å². The highest BCUT2D eigenvalue weighted by atomic mass is 16.6. The van der Waals surface area contributed by atoms with Gasteiger partial charge in [0.1, 0.15) is 5.60 Å². The van der Waals surface area contributed by atoms with E-state index in [9.17, 15) is 9.59 Å². The van der Waals surface area contributed by atoms with Gasteiger partial charge < -0.3 is 20.1 Å². The number of amides is 1. The largest absolute Gasteiger partial charge is 0.469 e. The minimum atomic E-state index is -0.556. The third-order valence-corrected chi connectivity index (χ3v) is 2.70. The molecule has 0 radical (unpaired) electrons. The number of ether oxygens (including phenoxy) is 2. The van der Waals surface area contributed by atoms with Crippen LogP contribution in [0.5, 0.6) is 0 Å². The van der Waals surface area contributed by atoms with Crippen molar-refractivity contribution in [2.75, 3.05) is 13.7 Å². The van der Waals surface area contributed by atoms with Gasteiger partial charge in [0.2, 0.25) is 0 Å². The van der Waals surface area contributed by atoms with Crippen molar-refractivity contribution in [1.29, 1.82) is 0 Å². The van der Waals surface area contributed by atoms with E-state index < -0.39 is 11.7 Å². The molecule has 0 bridgehead atoms. The summed E-state index contributed by atoms with van der Waals surface area (Å²) < 4.78 is 9.91. The Bertz CT molecular complexity index is 325. The minimum Gasteiger partial charge on any atom is -0.469 e. The first-order chi connectivity index (χ1) is 8.23. The summed E-state index contributed by atoms with van der Waals surface area (Å²) in [5.74, 6) is -0.345. The van der Waals surface area contributed by atoms with Gasteiger partial charge in [-0.2, -0.15) is 0 Å². The Morgan fingerprint density at radius 2 is 2.00 bits per heavy atom. The van der Waals surface area contributed by atoms with Gasteiger partial charge >= 0.3 is 12.1 Å². The maximum Gasteiger partial charge on any atom is 0.410 e. The number of methoxy groups -OCH3 is 1. The average Bonchev–Trinajstić information content (AvgIpc) is 2.56. The third kappa shape index (κ3) is 4.18. The number of carbonyl (C=O) groups excluding carboxylic acids is 2. The summed E-state index contributed by atoms with van der Waals surface area (Å²) in [6.07, 6.45) is 0.321. The van der Waals surface area contributed by atoms with E-state index in [2.05, 4.69) is 4.74 Å². The molecular weight excluding hydrogens is 236 g/mol. The highest BCUT2D eigenvalue weighted by molar-refractivity contribution is 5.73. The highest BCUT2D eigenvalue weighted by Crippen LogP contribution is 2.22. The standard InChI is InChI=1S/C12H22N2O4/c1-12(2,3)18-11(16)14-7-8(13)5-9(14)6-10(15)17-4/h8-9H,5-7,13H2,1-4H3/t8-,9+/m1/s1. The fourth-order valence-corrected chi connectivity index (χ4v) is 1.97. The Morgan fingerprint density at radius 1 is 1.39 bits per heavy atom. The molecule has 1 saturated heterocycles. The lowest BCUT2D eigenvalue weighted by molar-refractivity contribution is -0.141. The van der Waals surface area contributed by atoms with Crippen molar-refractivity contribution in [3.63, 3.8) is 0 Å². The van der Waals surface area contributed by atoms with E-state index >= 15 is 0 Å². The summed E-state index contributed by atoms with van der Waals surface area (Å²) in [6, 6.07) is -0.352. The maximum atomic E-state index is 12.0. The van der Waals surface area contributed by atoms with Crippen LogP contribution in [0.25, 0.3) is 0 Å². The molecule has 1 aliphatic rings. The summed E-state index contributed by atoms with van der Waals surface area (Å²) in [4.78, 5) is 24.8. The van der Waals surface area contributed by atoms with Crippen molar-refractivity contribution in [2.45, 2.75) is 51.3 Å². The van der Waals surface area contributed by atoms with Crippen LogP contribution in [0.15, 0.2) is 0 Å². The van der Waals surface area contributed by atoms with E-state index in [1.165, 1.54) is 12.0 Å². The van der Waals surface area contributed by atoms with Crippen molar-refractivity contribution >= 4 is 12.1 Å². The van der Waals surface area contributed by atoms with E-state index in [0.29, 0.717) is 13.0 Å². The summed E-state index contributed by atoms with van der Waals surface area (Å²) >= 11 is 0. The zero-order chi connectivity index (χ0) is 13.9. The van der Waals surface area contributed by atoms with Gasteiger partial charge in [-0.3, -0.25) is 4.79 Å². The van der Waals surface area contributed by atoms with Crippen molar-refractivity contribution in [3.05, 3.63) is 0 Å². The molecule has 0 spiro atoms. The first kappa shape index (κ1) is 14.8. The molecule has 0 aliphatic carbocycles. The van der Waals surface area contributed by atoms with Gasteiger partial charge in [0.05, 0.1) is 13.5 Å². The SMILES string of the molecule is COC(=O)C[C@@H]1C[C@@H](N)CN1C(=O)OC(C)(C)C. The summed E-state index contributed by atoms with van der Waals surface area (Å²) in [5.41, 5.74) is 5.28. The van der Waals surface area contributed by atoms with Crippen molar-refractivity contribution < 1.29 is 19.1 Å². The monoisotopic (exact) mass is 258 g/mol. The fourth-order valence-electron chi connectivity index (χ4n) is 1.97. The van der Waals surface area contributed by atoms with Crippen LogP contribution in [0, 0.1) is 0 Å². The number of carbonyl (C=O) groups is 2. The number of esters is 1. The second-order valence-corrected chi connectivity index (χ2v) is 5.56. The third-order valence-electron chi connectivity index (χ3n) is 2.70. The molecule has 6 heteroatoms. The van der Waals surface area contributed by atoms with Crippen LogP contribution in [-0.4, -0.2) is 48.3 Å². The van der Waals surface area contributed by atoms with Crippen LogP contribution in [0.1, 0.15) is 33.6 Å². The van der Waals surface area contributed by atoms with E-state index in [0.717, 1.165) is 0 Å². The van der Waals surface area contributed by atoms with Crippen LogP contribution in [0.4, 0.5) is 4.79 Å². The average molecular weight is 258 g/mol. The van der Waals surface area contributed by atoms with E-state index in [1.807, 2.05) is 0 Å². The molecule has 1 fully saturated rings. The quantitative estimate of drug-likeness (QED) is 0.744. The van der Waals surface area contributed by atoms with Gasteiger partial charge in [-0.15, -0.1) is 0 Å². The molecule has 0 aromatic heterocycles. The molecule has 0 saturated carbocycles. The lowest BCUT2D eigenvalue weighted by Gasteiger charge is -2.28. The molecule has 6 nitrogen and oxygen atoms in total. The van der Waals surface area contributed by atoms with Gasteiger partial charge in [-0.1, -0.05) is 0 Å². The fraction of sp³-hybridized carbons (Fsp3) is 0.833. The van der Waals surface area contributed by atoms with Gasteiger partial charge in [0.25, 0.3) is 0 Å². The molecule has 2 atom stereocenters. The van der Waals surface area contributed by atoms with E-state index in [-0.39, 0.29) is 24.5 Å². The first-order valence-electron chi connectivity index (χ1n) is 6.05. The molecule has 104 valence electrons. The maximum absolute atomic E-state index is 12.0. The normalized spacial score (nSPS) is 23.9. The second kappa shape index (κ2) is 5.56. The molecule has 1 rings (SSSR count). The van der Waals surface area contributed by atoms with Crippen LogP contribution in [0.3, 0.4) is 0 Å². The molecule has 1 heterocycles. The molecule has 1 amide bonds. The lowest BCUT2D eigenvalue weighted by atomic mass is 10.1. The van der Waals surface area contributed by atoms with Gasteiger partial charge in [-0.05, 0) is 27.2 Å². The van der Waals surface area contributed by atoms with Gasteiger partial charge in [-0.25, -0.2) is 4.79 Å². The van der Waals surface area contributed by atoms with E-state index in [1.54, 1.807) is 20.8 Å².